The van der Waals surface area contributed by atoms with Crippen LogP contribution in [0.5, 0.6) is 0 Å². The fraction of sp³-hybridized carbons (Fsp3) is 0.286. The van der Waals surface area contributed by atoms with Crippen molar-refractivity contribution >= 4 is 5.69 Å². The first-order valence-electron chi connectivity index (χ1n) is 6.32. The number of aliphatic hydroxyl groups excluding tert-OH is 1. The molecule has 0 aliphatic rings. The first-order valence-corrected chi connectivity index (χ1v) is 6.32. The summed E-state index contributed by atoms with van der Waals surface area (Å²) < 4.78 is 1.36. The zero-order valence-corrected chi connectivity index (χ0v) is 11.4. The van der Waals surface area contributed by atoms with Crippen LogP contribution >= 0.6 is 0 Å². The average molecular weight is 275 g/mol. The smallest absolute Gasteiger partial charge is 0.328 e. The summed E-state index contributed by atoms with van der Waals surface area (Å²) >= 11 is 0. The highest BCUT2D eigenvalue weighted by molar-refractivity contribution is 5.41. The van der Waals surface area contributed by atoms with E-state index >= 15 is 0 Å². The fourth-order valence-electron chi connectivity index (χ4n) is 2.19. The lowest BCUT2D eigenvalue weighted by Gasteiger charge is -2.18. The van der Waals surface area contributed by atoms with E-state index in [1.54, 1.807) is 38.1 Å². The number of aromatic nitrogens is 2. The predicted molar refractivity (Wildman–Crippen MR) is 76.6 cm³/mol. The molecule has 0 radical (unpaired) electrons. The van der Waals surface area contributed by atoms with E-state index in [0.717, 1.165) is 0 Å². The Morgan fingerprint density at radius 1 is 1.30 bits per heavy atom. The minimum Gasteiger partial charge on any atom is -0.399 e. The van der Waals surface area contributed by atoms with E-state index < -0.39 is 17.4 Å². The van der Waals surface area contributed by atoms with Crippen molar-refractivity contribution in [2.24, 2.45) is 0 Å². The molecule has 1 unspecified atom stereocenters. The molecular weight excluding hydrogens is 258 g/mol. The number of benzene rings is 1. The first kappa shape index (κ1) is 14.1. The molecule has 0 aliphatic heterocycles. The highest BCUT2D eigenvalue weighted by atomic mass is 16.3. The largest absolute Gasteiger partial charge is 0.399 e. The van der Waals surface area contributed by atoms with E-state index in [4.69, 9.17) is 5.73 Å². The monoisotopic (exact) mass is 275 g/mol. The number of nitrogens with one attached hydrogen (secondary N) is 1. The van der Waals surface area contributed by atoms with Gasteiger partial charge >= 0.3 is 5.69 Å². The van der Waals surface area contributed by atoms with Gasteiger partial charge in [0.25, 0.3) is 5.56 Å². The van der Waals surface area contributed by atoms with E-state index in [1.807, 2.05) is 0 Å². The minimum atomic E-state index is -1.05. The Morgan fingerprint density at radius 3 is 2.45 bits per heavy atom. The van der Waals surface area contributed by atoms with E-state index in [-0.39, 0.29) is 0 Å². The second-order valence-electron chi connectivity index (χ2n) is 4.58. The number of aromatic amines is 1. The minimum absolute atomic E-state index is 0.311. The molecule has 6 heteroatoms. The third kappa shape index (κ3) is 2.37. The van der Waals surface area contributed by atoms with Gasteiger partial charge in [0, 0.05) is 17.8 Å². The average Bonchev–Trinajstić information content (AvgIpc) is 2.42. The van der Waals surface area contributed by atoms with Crippen LogP contribution in [0, 0.1) is 6.92 Å². The first-order chi connectivity index (χ1) is 9.45. The molecular formula is C14H17N3O3. The van der Waals surface area contributed by atoms with Crippen molar-refractivity contribution in [3.8, 4) is 0 Å². The maximum atomic E-state index is 11.8. The summed E-state index contributed by atoms with van der Waals surface area (Å²) in [6.07, 6.45) is -1.05. The van der Waals surface area contributed by atoms with E-state index in [1.165, 1.54) is 4.57 Å². The lowest BCUT2D eigenvalue weighted by atomic mass is 10.0. The maximum absolute atomic E-state index is 11.8. The SMILES string of the molecule is CCn1c(C(O)c2ccc(N)cc2)c(C)c(=O)[nH]c1=O. The van der Waals surface area contributed by atoms with E-state index in [9.17, 15) is 14.7 Å². The van der Waals surface area contributed by atoms with Crippen molar-refractivity contribution in [3.05, 3.63) is 61.9 Å². The standard InChI is InChI=1S/C14H17N3O3/c1-3-17-11(8(2)13(19)16-14(17)20)12(18)9-4-6-10(15)7-5-9/h4-7,12,18H,3,15H2,1-2H3,(H,16,19,20). The van der Waals surface area contributed by atoms with Gasteiger partial charge in [0.1, 0.15) is 6.10 Å². The number of nitrogen functional groups attached to an aromatic ring is 1. The molecule has 0 fully saturated rings. The zero-order valence-electron chi connectivity index (χ0n) is 11.4. The Hall–Kier alpha value is -2.34. The van der Waals surface area contributed by atoms with Crippen LogP contribution in [0.25, 0.3) is 0 Å². The van der Waals surface area contributed by atoms with Gasteiger partial charge in [0.15, 0.2) is 0 Å². The Bertz CT molecular complexity index is 729. The third-order valence-electron chi connectivity index (χ3n) is 3.31. The summed E-state index contributed by atoms with van der Waals surface area (Å²) in [6.45, 7) is 3.72. The molecule has 1 aromatic carbocycles. The molecule has 0 aliphatic carbocycles. The van der Waals surface area contributed by atoms with Crippen LogP contribution < -0.4 is 17.0 Å². The summed E-state index contributed by atoms with van der Waals surface area (Å²) in [6, 6.07) is 6.67. The second kappa shape index (κ2) is 5.34. The van der Waals surface area contributed by atoms with Gasteiger partial charge in [-0.1, -0.05) is 12.1 Å². The van der Waals surface area contributed by atoms with Crippen molar-refractivity contribution in [3.63, 3.8) is 0 Å². The topological polar surface area (TPSA) is 101 Å². The van der Waals surface area contributed by atoms with Gasteiger partial charge in [-0.3, -0.25) is 14.3 Å². The zero-order chi connectivity index (χ0) is 14.9. The van der Waals surface area contributed by atoms with Crippen molar-refractivity contribution in [2.45, 2.75) is 26.5 Å². The van der Waals surface area contributed by atoms with Crippen LogP contribution in [0.15, 0.2) is 33.9 Å². The van der Waals surface area contributed by atoms with Gasteiger partial charge in [0.2, 0.25) is 0 Å². The van der Waals surface area contributed by atoms with Gasteiger partial charge < -0.3 is 10.8 Å². The molecule has 1 heterocycles. The van der Waals surface area contributed by atoms with Crippen LogP contribution in [0.1, 0.15) is 29.8 Å². The molecule has 2 rings (SSSR count). The summed E-state index contributed by atoms with van der Waals surface area (Å²) in [5.41, 5.74) is 6.40. The van der Waals surface area contributed by atoms with Crippen LogP contribution in [-0.2, 0) is 6.54 Å². The summed E-state index contributed by atoms with van der Waals surface area (Å²) in [5.74, 6) is 0. The lowest BCUT2D eigenvalue weighted by molar-refractivity contribution is 0.206. The predicted octanol–water partition coefficient (Wildman–Crippen LogP) is 0.529. The molecule has 106 valence electrons. The maximum Gasteiger partial charge on any atom is 0.328 e. The molecule has 4 N–H and O–H groups in total. The number of nitrogens with zero attached hydrogens (tertiary/aromatic N) is 1. The Kier molecular flexibility index (Phi) is 3.76. The number of nitrogens with two attached hydrogens (primary N) is 1. The van der Waals surface area contributed by atoms with Gasteiger partial charge in [-0.2, -0.15) is 0 Å². The number of H-pyrrole nitrogens is 1. The Morgan fingerprint density at radius 2 is 1.90 bits per heavy atom. The molecule has 0 spiro atoms. The quantitative estimate of drug-likeness (QED) is 0.711. The summed E-state index contributed by atoms with van der Waals surface area (Å²) in [7, 11) is 0. The van der Waals surface area contributed by atoms with Gasteiger partial charge in [-0.25, -0.2) is 4.79 Å². The van der Waals surface area contributed by atoms with Crippen LogP contribution in [0.3, 0.4) is 0 Å². The van der Waals surface area contributed by atoms with Gasteiger partial charge in [-0.15, -0.1) is 0 Å². The summed E-state index contributed by atoms with van der Waals surface area (Å²) in [4.78, 5) is 25.8. The Balaban J connectivity index is 2.65. The van der Waals surface area contributed by atoms with Crippen molar-refractivity contribution < 1.29 is 5.11 Å². The molecule has 1 atom stereocenters. The molecule has 0 amide bonds. The number of aliphatic hydroxyl groups is 1. The number of rotatable bonds is 3. The number of hydrogen-bond donors (Lipinski definition) is 3. The van der Waals surface area contributed by atoms with Gasteiger partial charge in [0.05, 0.1) is 5.69 Å². The molecule has 0 bridgehead atoms. The van der Waals surface area contributed by atoms with Crippen molar-refractivity contribution in [1.82, 2.24) is 9.55 Å². The highest BCUT2D eigenvalue weighted by Gasteiger charge is 2.19. The fourth-order valence-corrected chi connectivity index (χ4v) is 2.19. The number of hydrogen-bond acceptors (Lipinski definition) is 4. The Labute approximate surface area is 115 Å². The normalized spacial score (nSPS) is 12.3. The molecule has 1 aromatic heterocycles. The summed E-state index contributed by atoms with van der Waals surface area (Å²) in [5, 5.41) is 10.5. The van der Waals surface area contributed by atoms with Crippen molar-refractivity contribution in [1.29, 1.82) is 0 Å². The van der Waals surface area contributed by atoms with Gasteiger partial charge in [-0.05, 0) is 31.5 Å². The van der Waals surface area contributed by atoms with Crippen LogP contribution in [-0.4, -0.2) is 14.7 Å². The van der Waals surface area contributed by atoms with Crippen LogP contribution in [0.4, 0.5) is 5.69 Å². The van der Waals surface area contributed by atoms with E-state index in [2.05, 4.69) is 4.98 Å². The van der Waals surface area contributed by atoms with Crippen molar-refractivity contribution in [2.75, 3.05) is 5.73 Å². The molecule has 6 nitrogen and oxygen atoms in total. The molecule has 2 aromatic rings. The molecule has 0 saturated heterocycles. The third-order valence-corrected chi connectivity index (χ3v) is 3.31. The molecule has 0 saturated carbocycles. The van der Waals surface area contributed by atoms with Crippen LogP contribution in [0.2, 0.25) is 0 Å². The molecule has 20 heavy (non-hydrogen) atoms. The van der Waals surface area contributed by atoms with E-state index in [0.29, 0.717) is 29.1 Å². The highest BCUT2D eigenvalue weighted by Crippen LogP contribution is 2.23. The second-order valence-corrected chi connectivity index (χ2v) is 4.58. The lowest BCUT2D eigenvalue weighted by Crippen LogP contribution is -2.35. The number of anilines is 1.